The van der Waals surface area contributed by atoms with Gasteiger partial charge in [-0.15, -0.1) is 0 Å². The molecule has 6 heteroatoms. The summed E-state index contributed by atoms with van der Waals surface area (Å²) >= 11 is 0. The van der Waals surface area contributed by atoms with Crippen LogP contribution in [0.1, 0.15) is 36.8 Å². The van der Waals surface area contributed by atoms with E-state index in [-0.39, 0.29) is 0 Å². The first-order valence-corrected chi connectivity index (χ1v) is 9.96. The van der Waals surface area contributed by atoms with Gasteiger partial charge < -0.3 is 24.8 Å². The Morgan fingerprint density at radius 3 is 2.74 bits per heavy atom. The lowest BCUT2D eigenvalue weighted by molar-refractivity contribution is 0.123. The number of aliphatic imine (C=N–C) groups is 1. The zero-order valence-electron chi connectivity index (χ0n) is 17.1. The van der Waals surface area contributed by atoms with Gasteiger partial charge in [-0.05, 0) is 43.7 Å². The third-order valence-electron chi connectivity index (χ3n) is 4.45. The van der Waals surface area contributed by atoms with E-state index < -0.39 is 0 Å². The maximum absolute atomic E-state index is 5.94. The van der Waals surface area contributed by atoms with Crippen LogP contribution in [0.4, 0.5) is 0 Å². The van der Waals surface area contributed by atoms with Crippen LogP contribution in [0.15, 0.2) is 23.2 Å². The van der Waals surface area contributed by atoms with Gasteiger partial charge in [0.05, 0.1) is 6.61 Å². The van der Waals surface area contributed by atoms with Crippen LogP contribution in [0.2, 0.25) is 0 Å². The largest absolute Gasteiger partial charge is 0.493 e. The van der Waals surface area contributed by atoms with Crippen molar-refractivity contribution in [3.63, 3.8) is 0 Å². The number of methoxy groups -OCH3 is 1. The molecule has 0 radical (unpaired) electrons. The van der Waals surface area contributed by atoms with Crippen LogP contribution >= 0.6 is 0 Å². The van der Waals surface area contributed by atoms with Gasteiger partial charge in [0.2, 0.25) is 0 Å². The number of ether oxygens (including phenoxy) is 3. The number of guanidine groups is 1. The Kier molecular flexibility index (Phi) is 10.0. The lowest BCUT2D eigenvalue weighted by atomic mass is 10.1. The summed E-state index contributed by atoms with van der Waals surface area (Å²) in [4.78, 5) is 4.29. The molecular weight excluding hydrogens is 342 g/mol. The number of hydrogen-bond donors (Lipinski definition) is 2. The molecule has 6 nitrogen and oxygen atoms in total. The van der Waals surface area contributed by atoms with E-state index in [0.717, 1.165) is 55.8 Å². The fourth-order valence-corrected chi connectivity index (χ4v) is 2.64. The maximum Gasteiger partial charge on any atom is 0.191 e. The zero-order valence-corrected chi connectivity index (χ0v) is 17.1. The first-order valence-electron chi connectivity index (χ1n) is 9.96. The third-order valence-corrected chi connectivity index (χ3v) is 4.45. The summed E-state index contributed by atoms with van der Waals surface area (Å²) in [6, 6.07) is 6.29. The van der Waals surface area contributed by atoms with E-state index in [1.54, 1.807) is 14.2 Å². The van der Waals surface area contributed by atoms with Crippen LogP contribution in [-0.2, 0) is 16.0 Å². The number of nitrogens with zero attached hydrogens (tertiary/aromatic N) is 1. The molecule has 0 heterocycles. The highest BCUT2D eigenvalue weighted by Crippen LogP contribution is 2.28. The molecule has 0 amide bonds. The van der Waals surface area contributed by atoms with Crippen LogP contribution in [0, 0.1) is 12.8 Å². The zero-order chi connectivity index (χ0) is 19.3. The Balaban J connectivity index is 1.70. The van der Waals surface area contributed by atoms with Crippen molar-refractivity contribution in [3.8, 4) is 5.75 Å². The topological polar surface area (TPSA) is 64.1 Å². The van der Waals surface area contributed by atoms with Gasteiger partial charge in [0, 0.05) is 59.1 Å². The summed E-state index contributed by atoms with van der Waals surface area (Å²) < 4.78 is 16.7. The van der Waals surface area contributed by atoms with Gasteiger partial charge in [0.15, 0.2) is 5.96 Å². The second-order valence-electron chi connectivity index (χ2n) is 7.03. The summed E-state index contributed by atoms with van der Waals surface area (Å²) in [5, 5.41) is 6.70. The molecule has 2 rings (SSSR count). The predicted octanol–water partition coefficient (Wildman–Crippen LogP) is 2.89. The fraction of sp³-hybridized carbons (Fsp3) is 0.667. The van der Waals surface area contributed by atoms with Crippen molar-refractivity contribution in [1.29, 1.82) is 0 Å². The van der Waals surface area contributed by atoms with Gasteiger partial charge in [0.25, 0.3) is 0 Å². The van der Waals surface area contributed by atoms with E-state index in [1.165, 1.54) is 18.4 Å². The quantitative estimate of drug-likeness (QED) is 0.314. The van der Waals surface area contributed by atoms with E-state index >= 15 is 0 Å². The minimum atomic E-state index is 0.651. The van der Waals surface area contributed by atoms with E-state index in [2.05, 4.69) is 40.7 Å². The Labute approximate surface area is 163 Å². The summed E-state index contributed by atoms with van der Waals surface area (Å²) in [6.45, 7) is 6.67. The smallest absolute Gasteiger partial charge is 0.191 e. The molecule has 0 aromatic heterocycles. The number of benzene rings is 1. The molecule has 0 saturated heterocycles. The molecule has 0 spiro atoms. The normalized spacial score (nSPS) is 14.3. The lowest BCUT2D eigenvalue weighted by Gasteiger charge is -2.15. The van der Waals surface area contributed by atoms with Crippen molar-refractivity contribution in [2.75, 3.05) is 47.1 Å². The average Bonchev–Trinajstić information content (AvgIpc) is 3.49. The molecular formula is C21H35N3O3. The van der Waals surface area contributed by atoms with Crippen LogP contribution in [-0.4, -0.2) is 53.1 Å². The SMILES string of the molecule is CN=C(NCCCOCC1CC1)NCc1ccc(C)cc1OCCCOC. The fourth-order valence-electron chi connectivity index (χ4n) is 2.64. The Morgan fingerprint density at radius 2 is 2.00 bits per heavy atom. The molecule has 1 aromatic rings. The predicted molar refractivity (Wildman–Crippen MR) is 110 cm³/mol. The summed E-state index contributed by atoms with van der Waals surface area (Å²) in [7, 11) is 3.50. The Hall–Kier alpha value is -1.79. The number of hydrogen-bond acceptors (Lipinski definition) is 4. The molecule has 1 saturated carbocycles. The van der Waals surface area contributed by atoms with Crippen molar-refractivity contribution in [2.45, 2.75) is 39.2 Å². The summed E-state index contributed by atoms with van der Waals surface area (Å²) in [6.07, 6.45) is 4.53. The highest BCUT2D eigenvalue weighted by atomic mass is 16.5. The molecule has 0 bridgehead atoms. The lowest BCUT2D eigenvalue weighted by Crippen LogP contribution is -2.37. The van der Waals surface area contributed by atoms with Gasteiger partial charge in [-0.2, -0.15) is 0 Å². The van der Waals surface area contributed by atoms with Gasteiger partial charge in [0.1, 0.15) is 5.75 Å². The Morgan fingerprint density at radius 1 is 1.15 bits per heavy atom. The van der Waals surface area contributed by atoms with E-state index in [0.29, 0.717) is 19.8 Å². The molecule has 1 aromatic carbocycles. The minimum Gasteiger partial charge on any atom is -0.493 e. The van der Waals surface area contributed by atoms with E-state index in [9.17, 15) is 0 Å². The average molecular weight is 378 g/mol. The molecule has 1 aliphatic rings. The van der Waals surface area contributed by atoms with Gasteiger partial charge in [-0.25, -0.2) is 0 Å². The molecule has 27 heavy (non-hydrogen) atoms. The van der Waals surface area contributed by atoms with Crippen molar-refractivity contribution < 1.29 is 14.2 Å². The second kappa shape index (κ2) is 12.6. The maximum atomic E-state index is 5.94. The number of aryl methyl sites for hydroxylation is 1. The standard InChI is InChI=1S/C21H35N3O3/c1-17-6-9-19(20(14-17)27-13-5-11-25-3)15-24-21(22-2)23-10-4-12-26-16-18-7-8-18/h6,9,14,18H,4-5,7-8,10-13,15-16H2,1-3H3,(H2,22,23,24). The van der Waals surface area contributed by atoms with Crippen LogP contribution in [0.5, 0.6) is 5.75 Å². The van der Waals surface area contributed by atoms with Gasteiger partial charge in [-0.3, -0.25) is 4.99 Å². The molecule has 0 aliphatic heterocycles. The van der Waals surface area contributed by atoms with Crippen LogP contribution in [0.25, 0.3) is 0 Å². The van der Waals surface area contributed by atoms with Crippen LogP contribution < -0.4 is 15.4 Å². The first-order chi connectivity index (χ1) is 13.2. The first kappa shape index (κ1) is 21.5. The molecule has 1 fully saturated rings. The molecule has 152 valence electrons. The van der Waals surface area contributed by atoms with Gasteiger partial charge in [-0.1, -0.05) is 12.1 Å². The van der Waals surface area contributed by atoms with Crippen LogP contribution in [0.3, 0.4) is 0 Å². The highest BCUT2D eigenvalue weighted by Gasteiger charge is 2.20. The summed E-state index contributed by atoms with van der Waals surface area (Å²) in [5.74, 6) is 2.54. The van der Waals surface area contributed by atoms with E-state index in [1.807, 2.05) is 0 Å². The van der Waals surface area contributed by atoms with Crippen molar-refractivity contribution in [3.05, 3.63) is 29.3 Å². The molecule has 2 N–H and O–H groups in total. The molecule has 1 aliphatic carbocycles. The second-order valence-corrected chi connectivity index (χ2v) is 7.03. The van der Waals surface area contributed by atoms with Gasteiger partial charge >= 0.3 is 0 Å². The van der Waals surface area contributed by atoms with Crippen molar-refractivity contribution >= 4 is 5.96 Å². The third kappa shape index (κ3) is 9.11. The monoisotopic (exact) mass is 377 g/mol. The minimum absolute atomic E-state index is 0.651. The highest BCUT2D eigenvalue weighted by molar-refractivity contribution is 5.79. The molecule has 0 atom stereocenters. The van der Waals surface area contributed by atoms with Crippen molar-refractivity contribution in [2.24, 2.45) is 10.9 Å². The molecule has 0 unspecified atom stereocenters. The Bertz CT molecular complexity index is 574. The van der Waals surface area contributed by atoms with Crippen molar-refractivity contribution in [1.82, 2.24) is 10.6 Å². The summed E-state index contributed by atoms with van der Waals surface area (Å²) in [5.41, 5.74) is 2.31. The number of nitrogens with one attached hydrogen (secondary N) is 2. The van der Waals surface area contributed by atoms with E-state index in [4.69, 9.17) is 14.2 Å². The number of rotatable bonds is 13.